The van der Waals surface area contributed by atoms with Gasteiger partial charge in [-0.25, -0.2) is 4.68 Å². The number of anilines is 3. The number of aromatic nitrogens is 2. The average molecular weight is 528 g/mol. The summed E-state index contributed by atoms with van der Waals surface area (Å²) in [6, 6.07) is 21.3. The highest BCUT2D eigenvalue weighted by Crippen LogP contribution is 2.38. The highest BCUT2D eigenvalue weighted by molar-refractivity contribution is 6.30. The van der Waals surface area contributed by atoms with Crippen LogP contribution in [0.25, 0.3) is 0 Å². The number of hydrogen-bond donors (Lipinski definition) is 3. The molecule has 3 aromatic carbocycles. The van der Waals surface area contributed by atoms with Gasteiger partial charge in [-0.1, -0.05) is 41.4 Å². The minimum Gasteiger partial charge on any atom is -0.497 e. The molecule has 2 heterocycles. The minimum absolute atomic E-state index is 0.308. The van der Waals surface area contributed by atoms with Gasteiger partial charge in [-0.2, -0.15) is 5.10 Å². The number of rotatable bonds is 6. The number of nitrogens with one attached hydrogen (secondary N) is 3. The molecule has 1 aliphatic rings. The van der Waals surface area contributed by atoms with Crippen LogP contribution in [0.1, 0.15) is 34.5 Å². The van der Waals surface area contributed by atoms with E-state index in [0.717, 1.165) is 11.1 Å². The van der Waals surface area contributed by atoms with Crippen LogP contribution in [0.3, 0.4) is 0 Å². The molecule has 0 saturated carbocycles. The number of allylic oxidation sites excluding steroid dienone is 1. The van der Waals surface area contributed by atoms with E-state index < -0.39 is 6.04 Å². The predicted octanol–water partition coefficient (Wildman–Crippen LogP) is 6.03. The van der Waals surface area contributed by atoms with Crippen LogP contribution in [0.4, 0.5) is 17.2 Å². The van der Waals surface area contributed by atoms with Gasteiger partial charge in [0.05, 0.1) is 18.9 Å². The Balaban J connectivity index is 1.52. The zero-order chi connectivity index (χ0) is 26.8. The lowest BCUT2D eigenvalue weighted by Gasteiger charge is -2.30. The molecule has 0 fully saturated rings. The van der Waals surface area contributed by atoms with Crippen molar-refractivity contribution in [3.05, 3.63) is 112 Å². The smallest absolute Gasteiger partial charge is 0.261 e. The number of amides is 2. The van der Waals surface area contributed by atoms with Crippen LogP contribution in [0.15, 0.2) is 90.3 Å². The van der Waals surface area contributed by atoms with Crippen LogP contribution in [0.2, 0.25) is 5.02 Å². The lowest BCUT2D eigenvalue weighted by molar-refractivity contribution is -0.113. The second-order valence-corrected chi connectivity index (χ2v) is 9.41. The molecular weight excluding hydrogens is 502 g/mol. The number of benzene rings is 3. The molecule has 9 heteroatoms. The van der Waals surface area contributed by atoms with Gasteiger partial charge in [0.15, 0.2) is 0 Å². The molecular formula is C29H26ClN5O3. The second kappa shape index (κ2) is 10.4. The maximum absolute atomic E-state index is 13.6. The maximum atomic E-state index is 13.6. The molecule has 0 radical (unpaired) electrons. The molecule has 1 aromatic heterocycles. The van der Waals surface area contributed by atoms with Gasteiger partial charge < -0.3 is 20.7 Å². The van der Waals surface area contributed by atoms with E-state index in [1.807, 2.05) is 43.3 Å². The van der Waals surface area contributed by atoms with Crippen molar-refractivity contribution < 1.29 is 14.3 Å². The predicted molar refractivity (Wildman–Crippen MR) is 149 cm³/mol. The van der Waals surface area contributed by atoms with E-state index in [2.05, 4.69) is 21.0 Å². The van der Waals surface area contributed by atoms with Gasteiger partial charge >= 0.3 is 0 Å². The molecule has 0 aliphatic carbocycles. The number of nitrogens with zero attached hydrogens (tertiary/aromatic N) is 2. The van der Waals surface area contributed by atoms with Gasteiger partial charge in [0.25, 0.3) is 11.8 Å². The summed E-state index contributed by atoms with van der Waals surface area (Å²) in [5, 5.41) is 14.2. The number of ether oxygens (including phenoxy) is 1. The van der Waals surface area contributed by atoms with E-state index in [9.17, 15) is 9.59 Å². The van der Waals surface area contributed by atoms with Gasteiger partial charge in [-0.15, -0.1) is 0 Å². The van der Waals surface area contributed by atoms with Crippen molar-refractivity contribution in [2.45, 2.75) is 19.9 Å². The molecule has 1 atom stereocenters. The van der Waals surface area contributed by atoms with Crippen molar-refractivity contribution in [3.8, 4) is 5.75 Å². The zero-order valence-electron chi connectivity index (χ0n) is 21.1. The standard InChI is InChI=1S/C29H26ClN5O3/c1-17-7-9-21(10-8-17)33-28(36)24-16-31-35-26(19-5-4-6-20(30)15-19)25(18(2)32-27(24)35)29(37)34-22-11-13-23(38-3)14-12-22/h4-16,26,32H,1-3H3,(H,33,36)(H,34,37)/t26-/m0/s1. The van der Waals surface area contributed by atoms with Crippen molar-refractivity contribution in [2.75, 3.05) is 23.1 Å². The Morgan fingerprint density at radius 2 is 1.61 bits per heavy atom. The van der Waals surface area contributed by atoms with Gasteiger partial charge in [0.1, 0.15) is 23.2 Å². The normalized spacial score (nSPS) is 14.4. The van der Waals surface area contributed by atoms with Gasteiger partial charge in [-0.3, -0.25) is 9.59 Å². The molecule has 5 rings (SSSR count). The number of carbonyl (C=O) groups excluding carboxylic acids is 2. The van der Waals surface area contributed by atoms with Crippen molar-refractivity contribution in [2.24, 2.45) is 0 Å². The minimum atomic E-state index is -0.621. The maximum Gasteiger partial charge on any atom is 0.261 e. The summed E-state index contributed by atoms with van der Waals surface area (Å²) in [4.78, 5) is 26.8. The summed E-state index contributed by atoms with van der Waals surface area (Å²) in [5.74, 6) is 0.550. The summed E-state index contributed by atoms with van der Waals surface area (Å²) >= 11 is 6.33. The highest BCUT2D eigenvalue weighted by atomic mass is 35.5. The monoisotopic (exact) mass is 527 g/mol. The van der Waals surface area contributed by atoms with Crippen LogP contribution in [-0.4, -0.2) is 28.7 Å². The fourth-order valence-corrected chi connectivity index (χ4v) is 4.61. The van der Waals surface area contributed by atoms with Crippen LogP contribution >= 0.6 is 11.6 Å². The molecule has 8 nitrogen and oxygen atoms in total. The number of carbonyl (C=O) groups is 2. The van der Waals surface area contributed by atoms with Crippen LogP contribution in [0.5, 0.6) is 5.75 Å². The Morgan fingerprint density at radius 3 is 2.26 bits per heavy atom. The summed E-state index contributed by atoms with van der Waals surface area (Å²) in [6.07, 6.45) is 1.50. The van der Waals surface area contributed by atoms with Crippen LogP contribution in [-0.2, 0) is 4.79 Å². The summed E-state index contributed by atoms with van der Waals surface area (Å²) in [5.41, 5.74) is 4.54. The average Bonchev–Trinajstić information content (AvgIpc) is 3.33. The summed E-state index contributed by atoms with van der Waals surface area (Å²) in [7, 11) is 1.59. The van der Waals surface area contributed by atoms with E-state index in [-0.39, 0.29) is 11.8 Å². The lowest BCUT2D eigenvalue weighted by Crippen LogP contribution is -2.32. The molecule has 4 aromatic rings. The third-order valence-electron chi connectivity index (χ3n) is 6.33. The van der Waals surface area contributed by atoms with Crippen molar-refractivity contribution in [1.29, 1.82) is 0 Å². The number of aryl methyl sites for hydroxylation is 1. The highest BCUT2D eigenvalue weighted by Gasteiger charge is 2.35. The lowest BCUT2D eigenvalue weighted by atomic mass is 9.94. The first kappa shape index (κ1) is 25.1. The SMILES string of the molecule is COc1ccc(NC(=O)C2=C(C)Nc3c(C(=O)Nc4ccc(C)cc4)cnn3[C@H]2c2cccc(Cl)c2)cc1. The summed E-state index contributed by atoms with van der Waals surface area (Å²) in [6.45, 7) is 3.79. The van der Waals surface area contributed by atoms with Gasteiger partial charge in [-0.05, 0) is 67.9 Å². The topological polar surface area (TPSA) is 97.3 Å². The van der Waals surface area contributed by atoms with E-state index >= 15 is 0 Å². The van der Waals surface area contributed by atoms with Crippen LogP contribution < -0.4 is 20.7 Å². The molecule has 0 saturated heterocycles. The molecule has 0 spiro atoms. The first-order chi connectivity index (χ1) is 18.3. The zero-order valence-corrected chi connectivity index (χ0v) is 21.8. The molecule has 192 valence electrons. The summed E-state index contributed by atoms with van der Waals surface area (Å²) < 4.78 is 6.85. The quantitative estimate of drug-likeness (QED) is 0.284. The Bertz CT molecular complexity index is 1540. The van der Waals surface area contributed by atoms with Crippen molar-refractivity contribution >= 4 is 40.6 Å². The molecule has 0 unspecified atom stereocenters. The second-order valence-electron chi connectivity index (χ2n) is 8.98. The fraction of sp³-hybridized carbons (Fsp3) is 0.138. The van der Waals surface area contributed by atoms with E-state index in [0.29, 0.717) is 44.8 Å². The molecule has 38 heavy (non-hydrogen) atoms. The third kappa shape index (κ3) is 4.99. The Morgan fingerprint density at radius 1 is 0.947 bits per heavy atom. The van der Waals surface area contributed by atoms with Gasteiger partial charge in [0.2, 0.25) is 0 Å². The first-order valence-electron chi connectivity index (χ1n) is 12.0. The van der Waals surface area contributed by atoms with E-state index in [1.54, 1.807) is 55.1 Å². The Hall–Kier alpha value is -4.56. The molecule has 0 bridgehead atoms. The third-order valence-corrected chi connectivity index (χ3v) is 6.57. The number of methoxy groups -OCH3 is 1. The molecule has 2 amide bonds. The van der Waals surface area contributed by atoms with Crippen molar-refractivity contribution in [3.63, 3.8) is 0 Å². The molecule has 1 aliphatic heterocycles. The first-order valence-corrected chi connectivity index (χ1v) is 12.4. The van der Waals surface area contributed by atoms with Crippen LogP contribution in [0, 0.1) is 6.92 Å². The number of fused-ring (bicyclic) bond motifs is 1. The van der Waals surface area contributed by atoms with Gasteiger partial charge in [0, 0.05) is 22.1 Å². The largest absolute Gasteiger partial charge is 0.497 e. The Kier molecular flexibility index (Phi) is 6.89. The van der Waals surface area contributed by atoms with Crippen molar-refractivity contribution in [1.82, 2.24) is 9.78 Å². The Labute approximate surface area is 225 Å². The van der Waals surface area contributed by atoms with E-state index in [4.69, 9.17) is 16.3 Å². The fourth-order valence-electron chi connectivity index (χ4n) is 4.41. The number of halogens is 1. The van der Waals surface area contributed by atoms with E-state index in [1.165, 1.54) is 6.20 Å². The molecule has 3 N–H and O–H groups in total. The number of hydrogen-bond acceptors (Lipinski definition) is 5.